The van der Waals surface area contributed by atoms with Gasteiger partial charge >= 0.3 is 0 Å². The fourth-order valence-corrected chi connectivity index (χ4v) is 7.84. The quantitative estimate of drug-likeness (QED) is 0.129. The van der Waals surface area contributed by atoms with Crippen LogP contribution in [0.2, 0.25) is 23.2 Å². The first-order valence-corrected chi connectivity index (χ1v) is 21.1. The van der Waals surface area contributed by atoms with Gasteiger partial charge in [-0.3, -0.25) is 14.7 Å². The van der Waals surface area contributed by atoms with Crippen LogP contribution in [0.3, 0.4) is 0 Å². The molecule has 0 amide bonds. The number of halogens is 1. The van der Waals surface area contributed by atoms with E-state index in [1.165, 1.54) is 0 Å². The number of nitriles is 1. The number of anilines is 2. The molecule has 6 rings (SSSR count). The van der Waals surface area contributed by atoms with Crippen molar-refractivity contribution in [3.63, 3.8) is 0 Å². The SMILES string of the molecule is CCc1cc2ncc(CN3CCN(c4ccc(-c5nnc([C@H](Nc6ccc(C#N)c(Cl)c6)[C@H](C)O[Si](C)(C)C(C)(C)C)o5)cc4)CC3)cc2[nH]c1=O. The zero-order valence-corrected chi connectivity index (χ0v) is 32.7. The van der Waals surface area contributed by atoms with Crippen LogP contribution in [0.1, 0.15) is 63.2 Å². The maximum Gasteiger partial charge on any atom is 0.251 e. The summed E-state index contributed by atoms with van der Waals surface area (Å²) in [6.07, 6.45) is 2.29. The minimum Gasteiger partial charge on any atom is -0.418 e. The molecular weight excluding hydrogens is 692 g/mol. The smallest absolute Gasteiger partial charge is 0.251 e. The highest BCUT2D eigenvalue weighted by Gasteiger charge is 2.41. The molecule has 0 bridgehead atoms. The number of aryl methyl sites for hydroxylation is 1. The van der Waals surface area contributed by atoms with Gasteiger partial charge in [0.15, 0.2) is 8.32 Å². The number of piperazine rings is 1. The van der Waals surface area contributed by atoms with Gasteiger partial charge in [0.05, 0.1) is 27.7 Å². The molecule has 13 heteroatoms. The van der Waals surface area contributed by atoms with E-state index in [4.69, 9.17) is 20.4 Å². The van der Waals surface area contributed by atoms with Gasteiger partial charge in [0.25, 0.3) is 5.56 Å². The molecule has 4 heterocycles. The van der Waals surface area contributed by atoms with Crippen molar-refractivity contribution in [3.05, 3.63) is 98.8 Å². The Morgan fingerprint density at radius 2 is 1.81 bits per heavy atom. The number of nitrogens with one attached hydrogen (secondary N) is 2. The Labute approximate surface area is 311 Å². The molecule has 0 aliphatic carbocycles. The topological polar surface area (TPSA) is 136 Å². The van der Waals surface area contributed by atoms with Crippen molar-refractivity contribution in [3.8, 4) is 17.5 Å². The van der Waals surface area contributed by atoms with Gasteiger partial charge in [-0.05, 0) is 91.6 Å². The lowest BCUT2D eigenvalue weighted by Crippen LogP contribution is -2.45. The number of nitrogens with zero attached hydrogens (tertiary/aromatic N) is 6. The molecule has 0 radical (unpaired) electrons. The molecule has 272 valence electrons. The summed E-state index contributed by atoms with van der Waals surface area (Å²) in [5.41, 5.74) is 6.49. The number of hydrogen-bond acceptors (Lipinski definition) is 10. The number of H-pyrrole nitrogens is 1. The van der Waals surface area contributed by atoms with Gasteiger partial charge in [-0.15, -0.1) is 10.2 Å². The number of aromatic nitrogens is 4. The first-order chi connectivity index (χ1) is 24.7. The number of benzene rings is 2. The molecule has 11 nitrogen and oxygen atoms in total. The number of hydrogen-bond donors (Lipinski definition) is 2. The maximum absolute atomic E-state index is 12.3. The number of rotatable bonds is 11. The molecule has 2 atom stereocenters. The lowest BCUT2D eigenvalue weighted by atomic mass is 10.1. The summed E-state index contributed by atoms with van der Waals surface area (Å²) in [6, 6.07) is 19.0. The van der Waals surface area contributed by atoms with Crippen molar-refractivity contribution in [2.24, 2.45) is 0 Å². The molecule has 5 aromatic rings. The van der Waals surface area contributed by atoms with Gasteiger partial charge in [0, 0.05) is 61.4 Å². The van der Waals surface area contributed by atoms with Crippen LogP contribution in [0.5, 0.6) is 0 Å². The van der Waals surface area contributed by atoms with Crippen molar-refractivity contribution in [2.45, 2.75) is 77.9 Å². The molecule has 52 heavy (non-hydrogen) atoms. The monoisotopic (exact) mass is 738 g/mol. The number of pyridine rings is 2. The highest BCUT2D eigenvalue weighted by molar-refractivity contribution is 6.74. The fraction of sp³-hybridized carbons (Fsp3) is 0.410. The van der Waals surface area contributed by atoms with Crippen molar-refractivity contribution in [1.29, 1.82) is 5.26 Å². The summed E-state index contributed by atoms with van der Waals surface area (Å²) in [6.45, 7) is 19.4. The summed E-state index contributed by atoms with van der Waals surface area (Å²) < 4.78 is 13.1. The number of fused-ring (bicyclic) bond motifs is 1. The number of aromatic amines is 1. The van der Waals surface area contributed by atoms with Crippen LogP contribution in [-0.4, -0.2) is 65.7 Å². The van der Waals surface area contributed by atoms with E-state index in [-0.39, 0.29) is 16.7 Å². The first kappa shape index (κ1) is 37.2. The van der Waals surface area contributed by atoms with Gasteiger partial charge in [-0.2, -0.15) is 5.26 Å². The van der Waals surface area contributed by atoms with Crippen molar-refractivity contribution in [2.75, 3.05) is 36.4 Å². The third-order valence-electron chi connectivity index (χ3n) is 10.3. The minimum absolute atomic E-state index is 0.00818. The van der Waals surface area contributed by atoms with E-state index < -0.39 is 14.4 Å². The second-order valence-electron chi connectivity index (χ2n) is 15.0. The molecule has 3 aromatic heterocycles. The molecule has 2 N–H and O–H groups in total. The molecule has 1 aliphatic heterocycles. The Morgan fingerprint density at radius 3 is 2.46 bits per heavy atom. The van der Waals surface area contributed by atoms with E-state index in [0.717, 1.165) is 71.8 Å². The Kier molecular flexibility index (Phi) is 10.9. The lowest BCUT2D eigenvalue weighted by Gasteiger charge is -2.40. The Bertz CT molecular complexity index is 2130. The van der Waals surface area contributed by atoms with E-state index in [9.17, 15) is 10.1 Å². The third-order valence-corrected chi connectivity index (χ3v) is 15.2. The lowest BCUT2D eigenvalue weighted by molar-refractivity contribution is 0.166. The molecular formula is C39H47ClN8O3Si. The highest BCUT2D eigenvalue weighted by atomic mass is 35.5. The summed E-state index contributed by atoms with van der Waals surface area (Å²) in [7, 11) is -2.15. The molecule has 1 saturated heterocycles. The second-order valence-corrected chi connectivity index (χ2v) is 20.2. The van der Waals surface area contributed by atoms with Crippen LogP contribution in [0.4, 0.5) is 11.4 Å². The molecule has 1 aliphatic rings. The zero-order chi connectivity index (χ0) is 37.2. The molecule has 0 saturated carbocycles. The molecule has 2 aromatic carbocycles. The van der Waals surface area contributed by atoms with E-state index in [2.05, 4.69) is 87.3 Å². The highest BCUT2D eigenvalue weighted by Crippen LogP contribution is 2.39. The first-order valence-electron chi connectivity index (χ1n) is 17.8. The largest absolute Gasteiger partial charge is 0.418 e. The van der Waals surface area contributed by atoms with Crippen LogP contribution in [0, 0.1) is 11.3 Å². The van der Waals surface area contributed by atoms with Gasteiger partial charge in [0.1, 0.15) is 12.1 Å². The summed E-state index contributed by atoms with van der Waals surface area (Å²) in [5, 5.41) is 22.1. The average Bonchev–Trinajstić information content (AvgIpc) is 3.60. The molecule has 0 spiro atoms. The van der Waals surface area contributed by atoms with Crippen LogP contribution in [-0.2, 0) is 17.4 Å². The Balaban J connectivity index is 1.12. The Hall–Kier alpha value is -4.54. The van der Waals surface area contributed by atoms with Crippen LogP contribution >= 0.6 is 11.6 Å². The van der Waals surface area contributed by atoms with E-state index in [1.54, 1.807) is 12.1 Å². The van der Waals surface area contributed by atoms with Gasteiger partial charge in [-0.1, -0.05) is 39.3 Å². The van der Waals surface area contributed by atoms with Gasteiger partial charge < -0.3 is 24.0 Å². The van der Waals surface area contributed by atoms with E-state index in [0.29, 0.717) is 28.8 Å². The standard InChI is InChI=1S/C39H47ClN8O3Si/c1-8-27-20-33-34(44-36(27)49)19-26(23-42-33)24-47-15-17-48(18-16-47)31-13-10-28(11-14-31)37-45-46-38(50-37)35(25(2)51-52(6,7)39(3,4)5)43-30-12-9-29(22-41)32(40)21-30/h9-14,19-21,23,25,35,43H,8,15-18,24H2,1-7H3,(H,44,49)/t25-,35+/m0/s1. The summed E-state index contributed by atoms with van der Waals surface area (Å²) in [5.74, 6) is 0.826. The normalized spacial score (nSPS) is 15.4. The predicted octanol–water partition coefficient (Wildman–Crippen LogP) is 7.95. The van der Waals surface area contributed by atoms with E-state index in [1.807, 2.05) is 50.4 Å². The van der Waals surface area contributed by atoms with Crippen molar-refractivity contribution in [1.82, 2.24) is 25.1 Å². The average molecular weight is 739 g/mol. The molecule has 1 fully saturated rings. The summed E-state index contributed by atoms with van der Waals surface area (Å²) in [4.78, 5) is 24.7. The second kappa shape index (κ2) is 15.2. The van der Waals surface area contributed by atoms with Gasteiger partial charge in [0.2, 0.25) is 11.8 Å². The van der Waals surface area contributed by atoms with Crippen LogP contribution < -0.4 is 15.8 Å². The van der Waals surface area contributed by atoms with Crippen LogP contribution in [0.15, 0.2) is 70.0 Å². The van der Waals surface area contributed by atoms with Crippen molar-refractivity contribution >= 4 is 42.3 Å². The van der Waals surface area contributed by atoms with Crippen LogP contribution in [0.25, 0.3) is 22.5 Å². The van der Waals surface area contributed by atoms with Gasteiger partial charge in [-0.25, -0.2) is 0 Å². The zero-order valence-electron chi connectivity index (χ0n) is 31.0. The fourth-order valence-electron chi connectivity index (χ4n) is 6.19. The van der Waals surface area contributed by atoms with E-state index >= 15 is 0 Å². The minimum atomic E-state index is -2.15. The third kappa shape index (κ3) is 8.23. The summed E-state index contributed by atoms with van der Waals surface area (Å²) >= 11 is 6.37. The van der Waals surface area contributed by atoms with Crippen molar-refractivity contribution < 1.29 is 8.84 Å². The maximum atomic E-state index is 12.3. The molecule has 0 unspecified atom stereocenters. The predicted molar refractivity (Wildman–Crippen MR) is 209 cm³/mol. The Morgan fingerprint density at radius 1 is 1.08 bits per heavy atom.